The lowest BCUT2D eigenvalue weighted by Crippen LogP contribution is -2.37. The Balaban J connectivity index is 1.68. The van der Waals surface area contributed by atoms with E-state index >= 15 is 0 Å². The van der Waals surface area contributed by atoms with Gasteiger partial charge in [-0.2, -0.15) is 10.4 Å². The van der Waals surface area contributed by atoms with Crippen LogP contribution in [0.2, 0.25) is 0 Å². The predicted molar refractivity (Wildman–Crippen MR) is 80.4 cm³/mol. The third-order valence-corrected chi connectivity index (χ3v) is 3.73. The van der Waals surface area contributed by atoms with Crippen LogP contribution in [0.1, 0.15) is 16.7 Å². The summed E-state index contributed by atoms with van der Waals surface area (Å²) in [4.78, 5) is 0. The van der Waals surface area contributed by atoms with Crippen molar-refractivity contribution in [2.24, 2.45) is 5.73 Å². The third-order valence-electron chi connectivity index (χ3n) is 3.73. The van der Waals surface area contributed by atoms with Crippen molar-refractivity contribution in [2.75, 3.05) is 13.2 Å². The number of nitrogens with two attached hydrogens (primary N) is 1. The second-order valence-electron chi connectivity index (χ2n) is 5.49. The van der Waals surface area contributed by atoms with E-state index < -0.39 is 0 Å². The van der Waals surface area contributed by atoms with E-state index in [9.17, 15) is 0 Å². The molecule has 0 unspecified atom stereocenters. The molecule has 6 heteroatoms. The van der Waals surface area contributed by atoms with E-state index in [0.717, 1.165) is 11.1 Å². The fourth-order valence-corrected chi connectivity index (χ4v) is 2.41. The average molecular weight is 298 g/mol. The topological polar surface area (TPSA) is 86.1 Å². The molecule has 1 saturated heterocycles. The van der Waals surface area contributed by atoms with Gasteiger partial charge in [0.1, 0.15) is 6.10 Å². The van der Waals surface area contributed by atoms with E-state index in [1.54, 1.807) is 10.9 Å². The molecule has 2 atom stereocenters. The minimum Gasteiger partial charge on any atom is -0.483 e. The number of hydrogen-bond donors (Lipinski definition) is 1. The standard InChI is InChI=1S/C16H18N4O2/c1-11-2-3-12(4-13(11)5-17)7-20-8-14(6-19-20)22-16-10-21-9-15(16)18/h2-4,6,8,15-16H,7,9-10,18H2,1H3/t15-,16+/m0/s1. The Morgan fingerprint density at radius 2 is 2.36 bits per heavy atom. The zero-order chi connectivity index (χ0) is 15.5. The summed E-state index contributed by atoms with van der Waals surface area (Å²) in [5.74, 6) is 0.679. The van der Waals surface area contributed by atoms with Crippen molar-refractivity contribution in [3.63, 3.8) is 0 Å². The molecule has 0 saturated carbocycles. The molecule has 3 rings (SSSR count). The summed E-state index contributed by atoms with van der Waals surface area (Å²) >= 11 is 0. The minimum absolute atomic E-state index is 0.0985. The summed E-state index contributed by atoms with van der Waals surface area (Å²) in [6.45, 7) is 3.55. The van der Waals surface area contributed by atoms with Crippen LogP contribution in [0.3, 0.4) is 0 Å². The lowest BCUT2D eigenvalue weighted by molar-refractivity contribution is 0.140. The van der Waals surface area contributed by atoms with Gasteiger partial charge in [0.05, 0.1) is 49.8 Å². The number of ether oxygens (including phenoxy) is 2. The highest BCUT2D eigenvalue weighted by atomic mass is 16.5. The van der Waals surface area contributed by atoms with E-state index in [2.05, 4.69) is 11.2 Å². The lowest BCUT2D eigenvalue weighted by atomic mass is 10.1. The SMILES string of the molecule is Cc1ccc(Cn2cc(O[C@@H]3COC[C@@H]3N)cn2)cc1C#N. The molecule has 0 radical (unpaired) electrons. The Bertz CT molecular complexity index is 704. The van der Waals surface area contributed by atoms with Crippen LogP contribution in [0, 0.1) is 18.3 Å². The quantitative estimate of drug-likeness (QED) is 0.917. The van der Waals surface area contributed by atoms with E-state index in [1.807, 2.05) is 31.3 Å². The summed E-state index contributed by atoms with van der Waals surface area (Å²) in [6, 6.07) is 7.93. The minimum atomic E-state index is -0.123. The first-order valence-corrected chi connectivity index (χ1v) is 7.18. The predicted octanol–water partition coefficient (Wildman–Crippen LogP) is 1.22. The first-order valence-electron chi connectivity index (χ1n) is 7.18. The van der Waals surface area contributed by atoms with Gasteiger partial charge < -0.3 is 15.2 Å². The van der Waals surface area contributed by atoms with Crippen molar-refractivity contribution >= 4 is 0 Å². The van der Waals surface area contributed by atoms with Crippen molar-refractivity contribution in [1.29, 1.82) is 5.26 Å². The van der Waals surface area contributed by atoms with Gasteiger partial charge in [0.25, 0.3) is 0 Å². The maximum atomic E-state index is 9.08. The van der Waals surface area contributed by atoms with E-state index in [1.165, 1.54) is 0 Å². The molecule has 1 aromatic heterocycles. The molecule has 22 heavy (non-hydrogen) atoms. The number of rotatable bonds is 4. The van der Waals surface area contributed by atoms with Crippen LogP contribution in [0.25, 0.3) is 0 Å². The molecule has 0 aliphatic carbocycles. The van der Waals surface area contributed by atoms with Crippen molar-refractivity contribution in [3.05, 3.63) is 47.3 Å². The van der Waals surface area contributed by atoms with Gasteiger partial charge in [-0.25, -0.2) is 0 Å². The summed E-state index contributed by atoms with van der Waals surface area (Å²) in [7, 11) is 0. The normalized spacial score (nSPS) is 20.8. The molecule has 114 valence electrons. The fourth-order valence-electron chi connectivity index (χ4n) is 2.41. The van der Waals surface area contributed by atoms with Gasteiger partial charge in [-0.05, 0) is 24.1 Å². The van der Waals surface area contributed by atoms with Crippen molar-refractivity contribution in [2.45, 2.75) is 25.6 Å². The van der Waals surface area contributed by atoms with Gasteiger partial charge in [0.15, 0.2) is 5.75 Å². The Morgan fingerprint density at radius 3 is 3.09 bits per heavy atom. The molecule has 6 nitrogen and oxygen atoms in total. The molecule has 2 heterocycles. The van der Waals surface area contributed by atoms with E-state index in [-0.39, 0.29) is 12.1 Å². The Morgan fingerprint density at radius 1 is 1.50 bits per heavy atom. The Kier molecular flexibility index (Phi) is 4.09. The summed E-state index contributed by atoms with van der Waals surface area (Å²) < 4.78 is 12.8. The molecule has 1 aliphatic rings. The molecule has 0 spiro atoms. The van der Waals surface area contributed by atoms with Crippen molar-refractivity contribution in [1.82, 2.24) is 9.78 Å². The van der Waals surface area contributed by atoms with Gasteiger partial charge in [-0.3, -0.25) is 4.68 Å². The van der Waals surface area contributed by atoms with E-state index in [4.69, 9.17) is 20.5 Å². The van der Waals surface area contributed by atoms with Gasteiger partial charge >= 0.3 is 0 Å². The van der Waals surface area contributed by atoms with Gasteiger partial charge in [0, 0.05) is 0 Å². The zero-order valence-corrected chi connectivity index (χ0v) is 12.4. The summed E-state index contributed by atoms with van der Waals surface area (Å²) in [6.07, 6.45) is 3.38. The molecular formula is C16H18N4O2. The van der Waals surface area contributed by atoms with Crippen LogP contribution in [-0.4, -0.2) is 35.1 Å². The Hall–Kier alpha value is -2.36. The number of nitriles is 1. The van der Waals surface area contributed by atoms with Gasteiger partial charge in [0.2, 0.25) is 0 Å². The second-order valence-corrected chi connectivity index (χ2v) is 5.49. The highest BCUT2D eigenvalue weighted by Gasteiger charge is 2.26. The molecule has 2 N–H and O–H groups in total. The number of aromatic nitrogens is 2. The first kappa shape index (κ1) is 14.6. The van der Waals surface area contributed by atoms with Crippen molar-refractivity contribution < 1.29 is 9.47 Å². The molecule has 0 bridgehead atoms. The molecule has 0 amide bonds. The van der Waals surface area contributed by atoms with Gasteiger partial charge in [-0.15, -0.1) is 0 Å². The monoisotopic (exact) mass is 298 g/mol. The van der Waals surface area contributed by atoms with Crippen LogP contribution in [0.5, 0.6) is 5.75 Å². The van der Waals surface area contributed by atoms with Crippen molar-refractivity contribution in [3.8, 4) is 11.8 Å². The lowest BCUT2D eigenvalue weighted by Gasteiger charge is -2.13. The Labute approximate surface area is 129 Å². The molecule has 1 aliphatic heterocycles. The highest BCUT2D eigenvalue weighted by Crippen LogP contribution is 2.17. The highest BCUT2D eigenvalue weighted by molar-refractivity contribution is 5.39. The van der Waals surface area contributed by atoms with Gasteiger partial charge in [-0.1, -0.05) is 12.1 Å². The zero-order valence-electron chi connectivity index (χ0n) is 12.4. The van der Waals surface area contributed by atoms with E-state index in [0.29, 0.717) is 31.1 Å². The molecular weight excluding hydrogens is 280 g/mol. The number of benzene rings is 1. The largest absolute Gasteiger partial charge is 0.483 e. The van der Waals surface area contributed by atoms with Crippen LogP contribution in [0.15, 0.2) is 30.6 Å². The number of aryl methyl sites for hydroxylation is 1. The number of nitrogens with zero attached hydrogens (tertiary/aromatic N) is 3. The van der Waals surface area contributed by atoms with Crippen LogP contribution in [-0.2, 0) is 11.3 Å². The molecule has 2 aromatic rings. The van der Waals surface area contributed by atoms with Crippen LogP contribution < -0.4 is 10.5 Å². The van der Waals surface area contributed by atoms with Crippen LogP contribution >= 0.6 is 0 Å². The van der Waals surface area contributed by atoms with Crippen LogP contribution in [0.4, 0.5) is 0 Å². The smallest absolute Gasteiger partial charge is 0.157 e. The summed E-state index contributed by atoms with van der Waals surface area (Å²) in [5, 5.41) is 13.4. The average Bonchev–Trinajstić information content (AvgIpc) is 3.11. The number of hydrogen-bond acceptors (Lipinski definition) is 5. The fraction of sp³-hybridized carbons (Fsp3) is 0.375. The maximum Gasteiger partial charge on any atom is 0.157 e. The molecule has 1 fully saturated rings. The molecule has 1 aromatic carbocycles. The maximum absolute atomic E-state index is 9.08. The second kappa shape index (κ2) is 6.18. The summed E-state index contributed by atoms with van der Waals surface area (Å²) in [5.41, 5.74) is 8.59. The third kappa shape index (κ3) is 3.11. The first-order chi connectivity index (χ1) is 10.7.